The van der Waals surface area contributed by atoms with Crippen LogP contribution in [0.25, 0.3) is 11.1 Å². The van der Waals surface area contributed by atoms with E-state index in [2.05, 4.69) is 10.3 Å². The van der Waals surface area contributed by atoms with Crippen LogP contribution in [0.3, 0.4) is 0 Å². The zero-order chi connectivity index (χ0) is 14.8. The highest BCUT2D eigenvalue weighted by atomic mass is 19.1. The standard InChI is InChI=1S/C16H14F2N2O/c1-19-14(11-7-6-10(17)8-12(11)18)9-16-20-13-4-2-3-5-15(13)21-16/h2-8,14,19H,9H2,1H3. The Balaban J connectivity index is 1.90. The smallest absolute Gasteiger partial charge is 0.197 e. The summed E-state index contributed by atoms with van der Waals surface area (Å²) in [7, 11) is 1.72. The van der Waals surface area contributed by atoms with Crippen LogP contribution in [0.2, 0.25) is 0 Å². The number of benzene rings is 2. The molecular formula is C16H14F2N2O. The lowest BCUT2D eigenvalue weighted by Crippen LogP contribution is -2.20. The largest absolute Gasteiger partial charge is 0.441 e. The first kappa shape index (κ1) is 13.7. The van der Waals surface area contributed by atoms with Crippen LogP contribution in [0.1, 0.15) is 17.5 Å². The first-order valence-electron chi connectivity index (χ1n) is 6.64. The maximum absolute atomic E-state index is 13.9. The van der Waals surface area contributed by atoms with Gasteiger partial charge in [-0.3, -0.25) is 0 Å². The van der Waals surface area contributed by atoms with Gasteiger partial charge in [0.2, 0.25) is 0 Å². The van der Waals surface area contributed by atoms with Gasteiger partial charge in [-0.1, -0.05) is 18.2 Å². The Morgan fingerprint density at radius 1 is 1.19 bits per heavy atom. The summed E-state index contributed by atoms with van der Waals surface area (Å²) in [6.07, 6.45) is 0.383. The Labute approximate surface area is 120 Å². The van der Waals surface area contributed by atoms with E-state index in [4.69, 9.17) is 4.42 Å². The molecule has 5 heteroatoms. The fourth-order valence-corrected chi connectivity index (χ4v) is 2.33. The molecule has 3 rings (SSSR count). The van der Waals surface area contributed by atoms with E-state index in [0.29, 0.717) is 23.5 Å². The van der Waals surface area contributed by atoms with Gasteiger partial charge in [-0.2, -0.15) is 0 Å². The van der Waals surface area contributed by atoms with Gasteiger partial charge < -0.3 is 9.73 Å². The van der Waals surface area contributed by atoms with Crippen molar-refractivity contribution in [1.82, 2.24) is 10.3 Å². The predicted octanol–water partition coefficient (Wildman–Crippen LogP) is 3.61. The van der Waals surface area contributed by atoms with Gasteiger partial charge in [-0.05, 0) is 25.2 Å². The van der Waals surface area contributed by atoms with Gasteiger partial charge in [0.25, 0.3) is 0 Å². The Morgan fingerprint density at radius 2 is 2.00 bits per heavy atom. The molecule has 3 aromatic rings. The van der Waals surface area contributed by atoms with Crippen molar-refractivity contribution < 1.29 is 13.2 Å². The maximum Gasteiger partial charge on any atom is 0.197 e. The molecule has 1 atom stereocenters. The van der Waals surface area contributed by atoms with Gasteiger partial charge >= 0.3 is 0 Å². The maximum atomic E-state index is 13.9. The van der Waals surface area contributed by atoms with Crippen LogP contribution in [0.15, 0.2) is 46.9 Å². The molecule has 0 aliphatic rings. The third-order valence-corrected chi connectivity index (χ3v) is 3.40. The molecule has 0 amide bonds. The number of nitrogens with one attached hydrogen (secondary N) is 1. The molecule has 3 nitrogen and oxygen atoms in total. The van der Waals surface area contributed by atoms with Crippen molar-refractivity contribution >= 4 is 11.1 Å². The topological polar surface area (TPSA) is 38.1 Å². The first-order valence-corrected chi connectivity index (χ1v) is 6.64. The van der Waals surface area contributed by atoms with Crippen LogP contribution in [0.4, 0.5) is 8.78 Å². The summed E-state index contributed by atoms with van der Waals surface area (Å²) in [4.78, 5) is 4.37. The number of likely N-dealkylation sites (N-methyl/N-ethyl adjacent to an activating group) is 1. The zero-order valence-electron chi connectivity index (χ0n) is 11.4. The summed E-state index contributed by atoms with van der Waals surface area (Å²) in [5, 5.41) is 3.01. The molecule has 108 valence electrons. The van der Waals surface area contributed by atoms with E-state index in [9.17, 15) is 8.78 Å². The number of fused-ring (bicyclic) bond motifs is 1. The van der Waals surface area contributed by atoms with E-state index >= 15 is 0 Å². The molecule has 0 fully saturated rings. The number of para-hydroxylation sites is 2. The van der Waals surface area contributed by atoms with E-state index in [1.54, 1.807) is 7.05 Å². The highest BCUT2D eigenvalue weighted by Crippen LogP contribution is 2.23. The Bertz CT molecular complexity index is 737. The lowest BCUT2D eigenvalue weighted by Gasteiger charge is -2.15. The van der Waals surface area contributed by atoms with Gasteiger partial charge in [0.05, 0.1) is 0 Å². The number of nitrogens with zero attached hydrogens (tertiary/aromatic N) is 1. The molecule has 0 aliphatic carbocycles. The fraction of sp³-hybridized carbons (Fsp3) is 0.188. The minimum absolute atomic E-state index is 0.335. The van der Waals surface area contributed by atoms with Crippen molar-refractivity contribution in [1.29, 1.82) is 0 Å². The third-order valence-electron chi connectivity index (χ3n) is 3.40. The molecule has 1 aromatic heterocycles. The van der Waals surface area contributed by atoms with Crippen molar-refractivity contribution in [2.24, 2.45) is 0 Å². The van der Waals surface area contributed by atoms with Crippen LogP contribution < -0.4 is 5.32 Å². The summed E-state index contributed by atoms with van der Waals surface area (Å²) in [6.45, 7) is 0. The second-order valence-corrected chi connectivity index (χ2v) is 4.79. The number of hydrogen-bond donors (Lipinski definition) is 1. The van der Waals surface area contributed by atoms with Gasteiger partial charge in [-0.15, -0.1) is 0 Å². The summed E-state index contributed by atoms with van der Waals surface area (Å²) in [5.41, 5.74) is 1.85. The SMILES string of the molecule is CNC(Cc1nc2ccccc2o1)c1ccc(F)cc1F. The lowest BCUT2D eigenvalue weighted by molar-refractivity contribution is 0.459. The molecule has 21 heavy (non-hydrogen) atoms. The second-order valence-electron chi connectivity index (χ2n) is 4.79. The number of rotatable bonds is 4. The van der Waals surface area contributed by atoms with Gasteiger partial charge in [-0.25, -0.2) is 13.8 Å². The minimum Gasteiger partial charge on any atom is -0.441 e. The summed E-state index contributed by atoms with van der Waals surface area (Å²) >= 11 is 0. The fourth-order valence-electron chi connectivity index (χ4n) is 2.33. The van der Waals surface area contributed by atoms with Crippen molar-refractivity contribution in [2.75, 3.05) is 7.05 Å². The predicted molar refractivity (Wildman–Crippen MR) is 75.9 cm³/mol. The number of hydrogen-bond acceptors (Lipinski definition) is 3. The highest BCUT2D eigenvalue weighted by molar-refractivity contribution is 5.72. The van der Waals surface area contributed by atoms with E-state index in [-0.39, 0.29) is 6.04 Å². The van der Waals surface area contributed by atoms with E-state index in [0.717, 1.165) is 11.6 Å². The van der Waals surface area contributed by atoms with Crippen LogP contribution in [-0.4, -0.2) is 12.0 Å². The molecular weight excluding hydrogens is 274 g/mol. The first-order chi connectivity index (χ1) is 10.2. The third kappa shape index (κ3) is 2.78. The van der Waals surface area contributed by atoms with E-state index in [1.165, 1.54) is 12.1 Å². The molecule has 0 spiro atoms. The van der Waals surface area contributed by atoms with Crippen LogP contribution >= 0.6 is 0 Å². The van der Waals surface area contributed by atoms with Gasteiger partial charge in [0, 0.05) is 24.1 Å². The Morgan fingerprint density at radius 3 is 2.71 bits per heavy atom. The average Bonchev–Trinajstić information content (AvgIpc) is 2.87. The van der Waals surface area contributed by atoms with Crippen LogP contribution in [0.5, 0.6) is 0 Å². The lowest BCUT2D eigenvalue weighted by atomic mass is 10.0. The number of halogens is 2. The van der Waals surface area contributed by atoms with Crippen molar-refractivity contribution in [2.45, 2.75) is 12.5 Å². The molecule has 0 saturated heterocycles. The minimum atomic E-state index is -0.590. The molecule has 0 bridgehead atoms. The van der Waals surface area contributed by atoms with E-state index in [1.807, 2.05) is 24.3 Å². The zero-order valence-corrected chi connectivity index (χ0v) is 11.4. The van der Waals surface area contributed by atoms with Crippen LogP contribution in [0, 0.1) is 11.6 Å². The molecule has 1 heterocycles. The Hall–Kier alpha value is -2.27. The quantitative estimate of drug-likeness (QED) is 0.797. The number of aromatic nitrogens is 1. The second kappa shape index (κ2) is 5.61. The molecule has 1 N–H and O–H groups in total. The average molecular weight is 288 g/mol. The normalized spacial score (nSPS) is 12.7. The van der Waals surface area contributed by atoms with Crippen molar-refractivity contribution in [3.63, 3.8) is 0 Å². The summed E-state index contributed by atoms with van der Waals surface area (Å²) < 4.78 is 32.5. The van der Waals surface area contributed by atoms with Gasteiger partial charge in [0.15, 0.2) is 11.5 Å². The summed E-state index contributed by atoms with van der Waals surface area (Å²) in [5.74, 6) is -0.655. The van der Waals surface area contributed by atoms with Crippen molar-refractivity contribution in [3.8, 4) is 0 Å². The van der Waals surface area contributed by atoms with Crippen LogP contribution in [-0.2, 0) is 6.42 Å². The molecule has 0 aliphatic heterocycles. The Kier molecular flexibility index (Phi) is 3.66. The monoisotopic (exact) mass is 288 g/mol. The van der Waals surface area contributed by atoms with E-state index < -0.39 is 11.6 Å². The number of oxazole rings is 1. The highest BCUT2D eigenvalue weighted by Gasteiger charge is 2.18. The van der Waals surface area contributed by atoms with Crippen molar-refractivity contribution in [3.05, 3.63) is 65.6 Å². The molecule has 0 saturated carbocycles. The summed E-state index contributed by atoms with van der Waals surface area (Å²) in [6, 6.07) is 10.7. The molecule has 1 unspecified atom stereocenters. The van der Waals surface area contributed by atoms with Gasteiger partial charge in [0.1, 0.15) is 17.2 Å². The molecule has 0 radical (unpaired) electrons. The molecule has 2 aromatic carbocycles.